The number of rotatable bonds is 8. The van der Waals surface area contributed by atoms with E-state index in [9.17, 15) is 0 Å². The number of ether oxygens (including phenoxy) is 1. The highest BCUT2D eigenvalue weighted by molar-refractivity contribution is 7.14. The summed E-state index contributed by atoms with van der Waals surface area (Å²) >= 11 is 1.64. The van der Waals surface area contributed by atoms with E-state index < -0.39 is 0 Å². The third-order valence-corrected chi connectivity index (χ3v) is 5.20. The lowest BCUT2D eigenvalue weighted by Crippen LogP contribution is -2.07. The van der Waals surface area contributed by atoms with Crippen LogP contribution in [0, 0.1) is 13.8 Å². The number of benzene rings is 1. The minimum Gasteiger partial charge on any atom is -0.383 e. The summed E-state index contributed by atoms with van der Waals surface area (Å²) in [6.45, 7) is 6.81. The van der Waals surface area contributed by atoms with E-state index >= 15 is 0 Å². The number of methoxy groups -OCH3 is 1. The molecule has 0 atom stereocenters. The Hall–Kier alpha value is -2.11. The lowest BCUT2D eigenvalue weighted by molar-refractivity contribution is 0.211. The minimum atomic E-state index is 0.683. The van der Waals surface area contributed by atoms with Crippen LogP contribution in [0.4, 0.5) is 5.13 Å². The minimum absolute atomic E-state index is 0.683. The van der Waals surface area contributed by atoms with Crippen LogP contribution in [0.3, 0.4) is 0 Å². The SMILES string of the molecule is COCCNc1nc(-c2cc(C)n(CCc3ccccc3)c2C)cs1. The zero-order valence-electron chi connectivity index (χ0n) is 15.1. The molecule has 4 nitrogen and oxygen atoms in total. The maximum Gasteiger partial charge on any atom is 0.183 e. The van der Waals surface area contributed by atoms with Crippen LogP contribution in [0.15, 0.2) is 41.8 Å². The number of aromatic nitrogens is 2. The fourth-order valence-corrected chi connectivity index (χ4v) is 3.77. The van der Waals surface area contributed by atoms with E-state index in [2.05, 4.69) is 65.5 Å². The van der Waals surface area contributed by atoms with Crippen LogP contribution in [0.5, 0.6) is 0 Å². The Morgan fingerprint density at radius 3 is 2.76 bits per heavy atom. The summed E-state index contributed by atoms with van der Waals surface area (Å²) in [4.78, 5) is 4.72. The van der Waals surface area contributed by atoms with Gasteiger partial charge in [0.2, 0.25) is 0 Å². The number of thiazole rings is 1. The highest BCUT2D eigenvalue weighted by Crippen LogP contribution is 2.30. The van der Waals surface area contributed by atoms with Gasteiger partial charge in [0.25, 0.3) is 0 Å². The predicted octanol–water partition coefficient (Wildman–Crippen LogP) is 4.53. The first kappa shape index (κ1) is 17.7. The van der Waals surface area contributed by atoms with Crippen molar-refractivity contribution in [2.45, 2.75) is 26.8 Å². The molecule has 2 heterocycles. The van der Waals surface area contributed by atoms with Crippen molar-refractivity contribution in [3.63, 3.8) is 0 Å². The molecule has 3 rings (SSSR count). The van der Waals surface area contributed by atoms with Gasteiger partial charge in [0.1, 0.15) is 0 Å². The van der Waals surface area contributed by atoms with Crippen molar-refractivity contribution in [1.82, 2.24) is 9.55 Å². The van der Waals surface area contributed by atoms with Gasteiger partial charge in [-0.3, -0.25) is 0 Å². The number of hydrogen-bond acceptors (Lipinski definition) is 4. The first-order chi connectivity index (χ1) is 12.2. The maximum atomic E-state index is 5.07. The summed E-state index contributed by atoms with van der Waals surface area (Å²) in [5.74, 6) is 0. The van der Waals surface area contributed by atoms with E-state index in [1.165, 1.54) is 22.5 Å². The third kappa shape index (κ3) is 4.30. The molecule has 0 saturated heterocycles. The zero-order valence-corrected chi connectivity index (χ0v) is 15.9. The fourth-order valence-electron chi connectivity index (χ4n) is 3.03. The molecule has 25 heavy (non-hydrogen) atoms. The molecule has 2 aromatic heterocycles. The molecule has 0 aliphatic rings. The van der Waals surface area contributed by atoms with Gasteiger partial charge in [0.05, 0.1) is 12.3 Å². The molecule has 0 aliphatic heterocycles. The van der Waals surface area contributed by atoms with Gasteiger partial charge < -0.3 is 14.6 Å². The average molecular weight is 356 g/mol. The molecule has 5 heteroatoms. The van der Waals surface area contributed by atoms with Gasteiger partial charge in [-0.25, -0.2) is 4.98 Å². The Balaban J connectivity index is 1.73. The lowest BCUT2D eigenvalue weighted by atomic mass is 10.1. The highest BCUT2D eigenvalue weighted by Gasteiger charge is 2.13. The van der Waals surface area contributed by atoms with Crippen LogP contribution in [-0.4, -0.2) is 29.8 Å². The summed E-state index contributed by atoms with van der Waals surface area (Å²) in [5.41, 5.74) is 6.20. The first-order valence-electron chi connectivity index (χ1n) is 8.58. The van der Waals surface area contributed by atoms with Crippen molar-refractivity contribution in [3.8, 4) is 11.3 Å². The van der Waals surface area contributed by atoms with Crippen molar-refractivity contribution >= 4 is 16.5 Å². The van der Waals surface area contributed by atoms with E-state index in [0.29, 0.717) is 6.61 Å². The van der Waals surface area contributed by atoms with Gasteiger partial charge in [-0.2, -0.15) is 0 Å². The topological polar surface area (TPSA) is 39.1 Å². The third-order valence-electron chi connectivity index (χ3n) is 4.40. The Bertz CT molecular complexity index is 808. The molecule has 0 bridgehead atoms. The highest BCUT2D eigenvalue weighted by atomic mass is 32.1. The molecule has 1 aromatic carbocycles. The molecule has 0 amide bonds. The van der Waals surface area contributed by atoms with E-state index in [4.69, 9.17) is 9.72 Å². The second-order valence-corrected chi connectivity index (χ2v) is 6.99. The van der Waals surface area contributed by atoms with Gasteiger partial charge in [-0.15, -0.1) is 11.3 Å². The summed E-state index contributed by atoms with van der Waals surface area (Å²) in [6.07, 6.45) is 1.04. The molecule has 0 saturated carbocycles. The number of hydrogen-bond donors (Lipinski definition) is 1. The van der Waals surface area contributed by atoms with Crippen LogP contribution in [-0.2, 0) is 17.7 Å². The Morgan fingerprint density at radius 2 is 2.00 bits per heavy atom. The summed E-state index contributed by atoms with van der Waals surface area (Å²) in [7, 11) is 1.71. The van der Waals surface area contributed by atoms with Crippen LogP contribution in [0.1, 0.15) is 17.0 Å². The first-order valence-corrected chi connectivity index (χ1v) is 9.46. The van der Waals surface area contributed by atoms with Crippen molar-refractivity contribution in [3.05, 3.63) is 58.7 Å². The fraction of sp³-hybridized carbons (Fsp3) is 0.350. The van der Waals surface area contributed by atoms with Crippen LogP contribution < -0.4 is 5.32 Å². The normalized spacial score (nSPS) is 11.0. The van der Waals surface area contributed by atoms with Crippen molar-refractivity contribution < 1.29 is 4.74 Å². The molecular weight excluding hydrogens is 330 g/mol. The van der Waals surface area contributed by atoms with Gasteiger partial charge in [0, 0.05) is 42.5 Å². The second-order valence-electron chi connectivity index (χ2n) is 6.13. The standard InChI is InChI=1S/C20H25N3OS/c1-15-13-18(19-14-25-20(22-19)21-10-12-24-3)16(2)23(15)11-9-17-7-5-4-6-8-17/h4-8,13-14H,9-12H2,1-3H3,(H,21,22). The van der Waals surface area contributed by atoms with Crippen molar-refractivity contribution in [2.24, 2.45) is 0 Å². The van der Waals surface area contributed by atoms with Gasteiger partial charge in [-0.05, 0) is 31.9 Å². The van der Waals surface area contributed by atoms with Crippen LogP contribution in [0.2, 0.25) is 0 Å². The maximum absolute atomic E-state index is 5.07. The molecule has 0 spiro atoms. The van der Waals surface area contributed by atoms with E-state index in [0.717, 1.165) is 30.3 Å². The van der Waals surface area contributed by atoms with Crippen LogP contribution in [0.25, 0.3) is 11.3 Å². The number of anilines is 1. The smallest absolute Gasteiger partial charge is 0.183 e. The van der Waals surface area contributed by atoms with Gasteiger partial charge >= 0.3 is 0 Å². The second kappa shape index (κ2) is 8.32. The molecule has 1 N–H and O–H groups in total. The van der Waals surface area contributed by atoms with Crippen molar-refractivity contribution in [2.75, 3.05) is 25.6 Å². The molecule has 132 valence electrons. The largest absolute Gasteiger partial charge is 0.383 e. The number of nitrogens with one attached hydrogen (secondary N) is 1. The molecular formula is C20H25N3OS. The van der Waals surface area contributed by atoms with Crippen LogP contribution >= 0.6 is 11.3 Å². The Kier molecular flexibility index (Phi) is 5.89. The van der Waals surface area contributed by atoms with E-state index in [1.807, 2.05) is 0 Å². The summed E-state index contributed by atoms with van der Waals surface area (Å²) in [6, 6.07) is 12.9. The molecule has 0 aliphatic carbocycles. The molecule has 0 radical (unpaired) electrons. The van der Waals surface area contributed by atoms with Crippen molar-refractivity contribution in [1.29, 1.82) is 0 Å². The Morgan fingerprint density at radius 1 is 1.20 bits per heavy atom. The van der Waals surface area contributed by atoms with E-state index in [-0.39, 0.29) is 0 Å². The quantitative estimate of drug-likeness (QED) is 0.604. The summed E-state index contributed by atoms with van der Waals surface area (Å²) < 4.78 is 7.46. The summed E-state index contributed by atoms with van der Waals surface area (Å²) in [5, 5.41) is 6.37. The van der Waals surface area contributed by atoms with Gasteiger partial charge in [-0.1, -0.05) is 30.3 Å². The number of nitrogens with zero attached hydrogens (tertiary/aromatic N) is 2. The monoisotopic (exact) mass is 355 g/mol. The van der Waals surface area contributed by atoms with E-state index in [1.54, 1.807) is 18.4 Å². The lowest BCUT2D eigenvalue weighted by Gasteiger charge is -2.09. The Labute approximate surface area is 153 Å². The molecule has 3 aromatic rings. The number of aryl methyl sites for hydroxylation is 2. The predicted molar refractivity (Wildman–Crippen MR) is 106 cm³/mol. The molecule has 0 fully saturated rings. The van der Waals surface area contributed by atoms with Gasteiger partial charge in [0.15, 0.2) is 5.13 Å². The molecule has 0 unspecified atom stereocenters. The average Bonchev–Trinajstić information content (AvgIpc) is 3.19. The zero-order chi connectivity index (χ0) is 17.6.